The van der Waals surface area contributed by atoms with Crippen LogP contribution >= 0.6 is 0 Å². The normalized spacial score (nSPS) is 14.0. The molecule has 0 saturated carbocycles. The number of anilines is 1. The second-order valence-corrected chi connectivity index (χ2v) is 4.99. The SMILES string of the molecule is COC(=O)C1=C(Nc2cccc(C(=O)OC)c2)C(=O)N(CCO)C1. The second-order valence-electron chi connectivity index (χ2n) is 4.99. The van der Waals surface area contributed by atoms with Gasteiger partial charge in [0.2, 0.25) is 0 Å². The molecule has 8 nitrogen and oxygen atoms in total. The Kier molecular flexibility index (Phi) is 5.54. The summed E-state index contributed by atoms with van der Waals surface area (Å²) in [4.78, 5) is 37.2. The zero-order chi connectivity index (χ0) is 17.7. The molecule has 0 atom stereocenters. The van der Waals surface area contributed by atoms with E-state index in [0.29, 0.717) is 11.3 Å². The number of benzene rings is 1. The van der Waals surface area contributed by atoms with E-state index in [1.54, 1.807) is 18.2 Å². The van der Waals surface area contributed by atoms with Gasteiger partial charge in [-0.15, -0.1) is 0 Å². The Balaban J connectivity index is 2.32. The molecule has 0 spiro atoms. The number of hydrogen-bond donors (Lipinski definition) is 2. The third kappa shape index (κ3) is 3.54. The summed E-state index contributed by atoms with van der Waals surface area (Å²) in [7, 11) is 2.50. The van der Waals surface area contributed by atoms with Crippen molar-refractivity contribution in [3.63, 3.8) is 0 Å². The third-order valence-electron chi connectivity index (χ3n) is 3.51. The van der Waals surface area contributed by atoms with Crippen LogP contribution in [0, 0.1) is 0 Å². The van der Waals surface area contributed by atoms with Crippen molar-refractivity contribution in [3.05, 3.63) is 41.1 Å². The maximum absolute atomic E-state index is 12.4. The van der Waals surface area contributed by atoms with Gasteiger partial charge in [-0.1, -0.05) is 6.07 Å². The Morgan fingerprint density at radius 1 is 1.25 bits per heavy atom. The number of amides is 1. The molecule has 1 amide bonds. The maximum atomic E-state index is 12.4. The summed E-state index contributed by atoms with van der Waals surface area (Å²) in [5.41, 5.74) is 0.991. The van der Waals surface area contributed by atoms with Gasteiger partial charge in [-0.2, -0.15) is 0 Å². The molecular weight excluding hydrogens is 316 g/mol. The van der Waals surface area contributed by atoms with Gasteiger partial charge >= 0.3 is 11.9 Å². The quantitative estimate of drug-likeness (QED) is 0.713. The molecule has 0 fully saturated rings. The number of β-amino-alcohol motifs (C(OH)–C–C–N with tert-alkyl or cyclic N) is 1. The highest BCUT2D eigenvalue weighted by molar-refractivity contribution is 6.08. The summed E-state index contributed by atoms with van der Waals surface area (Å²) in [6.07, 6.45) is 0. The van der Waals surface area contributed by atoms with Crippen molar-refractivity contribution in [2.45, 2.75) is 0 Å². The van der Waals surface area contributed by atoms with E-state index in [9.17, 15) is 14.4 Å². The molecule has 1 aromatic carbocycles. The number of nitrogens with one attached hydrogen (secondary N) is 1. The average Bonchev–Trinajstić information content (AvgIpc) is 2.90. The van der Waals surface area contributed by atoms with E-state index >= 15 is 0 Å². The monoisotopic (exact) mass is 334 g/mol. The Hall–Kier alpha value is -2.87. The topological polar surface area (TPSA) is 105 Å². The highest BCUT2D eigenvalue weighted by atomic mass is 16.5. The highest BCUT2D eigenvalue weighted by Gasteiger charge is 2.34. The molecule has 1 aliphatic rings. The number of nitrogens with zero attached hydrogens (tertiary/aromatic N) is 1. The van der Waals surface area contributed by atoms with Gasteiger partial charge in [0.1, 0.15) is 5.70 Å². The van der Waals surface area contributed by atoms with Crippen LogP contribution in [-0.2, 0) is 19.1 Å². The standard InChI is InChI=1S/C16H18N2O6/c1-23-15(21)10-4-3-5-11(8-10)17-13-12(16(22)24-2)9-18(6-7-19)14(13)20/h3-5,8,17,19H,6-7,9H2,1-2H3. The number of hydrogen-bond acceptors (Lipinski definition) is 7. The predicted octanol–water partition coefficient (Wildman–Crippen LogP) is 0.147. The predicted molar refractivity (Wildman–Crippen MR) is 84.1 cm³/mol. The van der Waals surface area contributed by atoms with Gasteiger partial charge in [-0.05, 0) is 18.2 Å². The number of methoxy groups -OCH3 is 2. The van der Waals surface area contributed by atoms with E-state index in [-0.39, 0.29) is 31.0 Å². The molecule has 2 rings (SSSR count). The van der Waals surface area contributed by atoms with Crippen molar-refractivity contribution in [3.8, 4) is 0 Å². The fourth-order valence-corrected chi connectivity index (χ4v) is 2.34. The molecule has 2 N–H and O–H groups in total. The van der Waals surface area contributed by atoms with E-state index in [4.69, 9.17) is 9.84 Å². The first-order valence-corrected chi connectivity index (χ1v) is 7.18. The number of aliphatic hydroxyl groups excluding tert-OH is 1. The van der Waals surface area contributed by atoms with Crippen LogP contribution in [0.2, 0.25) is 0 Å². The zero-order valence-corrected chi connectivity index (χ0v) is 13.4. The van der Waals surface area contributed by atoms with Crippen molar-refractivity contribution >= 4 is 23.5 Å². The molecule has 0 saturated heterocycles. The van der Waals surface area contributed by atoms with E-state index in [1.165, 1.54) is 25.2 Å². The van der Waals surface area contributed by atoms with Crippen molar-refractivity contribution < 1.29 is 29.0 Å². The first kappa shape index (κ1) is 17.5. The molecule has 1 aromatic rings. The summed E-state index contributed by atoms with van der Waals surface area (Å²) in [6, 6.07) is 6.35. The summed E-state index contributed by atoms with van der Waals surface area (Å²) >= 11 is 0. The number of esters is 2. The number of rotatable bonds is 6. The summed E-state index contributed by atoms with van der Waals surface area (Å²) in [5, 5.41) is 11.9. The lowest BCUT2D eigenvalue weighted by Crippen LogP contribution is -2.31. The van der Waals surface area contributed by atoms with Crippen molar-refractivity contribution in [2.24, 2.45) is 0 Å². The van der Waals surface area contributed by atoms with Crippen LogP contribution < -0.4 is 5.32 Å². The van der Waals surface area contributed by atoms with Crippen LogP contribution in [0.3, 0.4) is 0 Å². The molecule has 1 aliphatic heterocycles. The molecule has 0 aromatic heterocycles. The molecule has 8 heteroatoms. The minimum absolute atomic E-state index is 0.0467. The lowest BCUT2D eigenvalue weighted by atomic mass is 10.2. The smallest absolute Gasteiger partial charge is 0.337 e. The van der Waals surface area contributed by atoms with Crippen LogP contribution in [-0.4, -0.2) is 61.8 Å². The van der Waals surface area contributed by atoms with Crippen LogP contribution in [0.1, 0.15) is 10.4 Å². The Labute approximate surface area is 138 Å². The van der Waals surface area contributed by atoms with E-state index in [2.05, 4.69) is 10.1 Å². The van der Waals surface area contributed by atoms with Crippen molar-refractivity contribution in [1.82, 2.24) is 4.90 Å². The van der Waals surface area contributed by atoms with E-state index in [0.717, 1.165) is 0 Å². The van der Waals surface area contributed by atoms with Gasteiger partial charge in [-0.3, -0.25) is 4.79 Å². The van der Waals surface area contributed by atoms with Crippen LogP contribution in [0.15, 0.2) is 35.5 Å². The third-order valence-corrected chi connectivity index (χ3v) is 3.51. The van der Waals surface area contributed by atoms with Gasteiger partial charge in [0.25, 0.3) is 5.91 Å². The minimum Gasteiger partial charge on any atom is -0.466 e. The van der Waals surface area contributed by atoms with Crippen LogP contribution in [0.25, 0.3) is 0 Å². The van der Waals surface area contributed by atoms with Crippen molar-refractivity contribution in [2.75, 3.05) is 39.2 Å². The number of carbonyl (C=O) groups excluding carboxylic acids is 3. The van der Waals surface area contributed by atoms with E-state index < -0.39 is 17.8 Å². The highest BCUT2D eigenvalue weighted by Crippen LogP contribution is 2.23. The first-order chi connectivity index (χ1) is 11.5. The van der Waals surface area contributed by atoms with Gasteiger partial charge < -0.3 is 24.8 Å². The summed E-state index contributed by atoms with van der Waals surface area (Å²) in [5.74, 6) is -1.57. The average molecular weight is 334 g/mol. The second kappa shape index (κ2) is 7.60. The van der Waals surface area contributed by atoms with Crippen molar-refractivity contribution in [1.29, 1.82) is 0 Å². The van der Waals surface area contributed by atoms with Gasteiger partial charge in [-0.25, -0.2) is 9.59 Å². The Bertz CT molecular complexity index is 698. The maximum Gasteiger partial charge on any atom is 0.337 e. The fraction of sp³-hybridized carbons (Fsp3) is 0.312. The minimum atomic E-state index is -0.629. The van der Waals surface area contributed by atoms with E-state index in [1.807, 2.05) is 0 Å². The molecule has 1 heterocycles. The molecule has 128 valence electrons. The number of carbonyl (C=O) groups is 3. The summed E-state index contributed by atoms with van der Waals surface area (Å²) in [6.45, 7) is -0.0664. The molecular formula is C16H18N2O6. The summed E-state index contributed by atoms with van der Waals surface area (Å²) < 4.78 is 9.36. The Morgan fingerprint density at radius 2 is 1.96 bits per heavy atom. The van der Waals surface area contributed by atoms with Gasteiger partial charge in [0.05, 0.1) is 38.5 Å². The lowest BCUT2D eigenvalue weighted by molar-refractivity contribution is -0.136. The largest absolute Gasteiger partial charge is 0.466 e. The molecule has 0 unspecified atom stereocenters. The van der Waals surface area contributed by atoms with Crippen LogP contribution in [0.5, 0.6) is 0 Å². The lowest BCUT2D eigenvalue weighted by Gasteiger charge is -2.15. The first-order valence-electron chi connectivity index (χ1n) is 7.18. The molecule has 24 heavy (non-hydrogen) atoms. The molecule has 0 radical (unpaired) electrons. The van der Waals surface area contributed by atoms with Crippen LogP contribution in [0.4, 0.5) is 5.69 Å². The number of aliphatic hydroxyl groups is 1. The fourth-order valence-electron chi connectivity index (χ4n) is 2.34. The zero-order valence-electron chi connectivity index (χ0n) is 13.4. The molecule has 0 bridgehead atoms. The van der Waals surface area contributed by atoms with Gasteiger partial charge in [0, 0.05) is 12.2 Å². The van der Waals surface area contributed by atoms with Gasteiger partial charge in [0.15, 0.2) is 0 Å². The molecule has 0 aliphatic carbocycles. The Morgan fingerprint density at radius 3 is 2.58 bits per heavy atom. The number of ether oxygens (including phenoxy) is 2.